The summed E-state index contributed by atoms with van der Waals surface area (Å²) in [4.78, 5) is 32.4. The van der Waals surface area contributed by atoms with E-state index in [1.54, 1.807) is 11.0 Å². The van der Waals surface area contributed by atoms with Crippen molar-refractivity contribution in [1.29, 1.82) is 0 Å². The number of aryl methyl sites for hydroxylation is 1. The van der Waals surface area contributed by atoms with E-state index >= 15 is 0 Å². The topological polar surface area (TPSA) is 71.5 Å². The number of hydrogen-bond donors (Lipinski definition) is 1. The molecule has 1 fully saturated rings. The second-order valence-electron chi connectivity index (χ2n) is 8.77. The first-order valence-corrected chi connectivity index (χ1v) is 11.5. The smallest absolute Gasteiger partial charge is 0.253 e. The first-order chi connectivity index (χ1) is 16.1. The van der Waals surface area contributed by atoms with E-state index in [0.29, 0.717) is 31.1 Å². The molecule has 2 amide bonds. The Hall–Kier alpha value is -3.67. The zero-order valence-electron chi connectivity index (χ0n) is 18.7. The monoisotopic (exact) mass is 441 g/mol. The number of carbonyl (C=O) groups is 2. The third kappa shape index (κ3) is 4.60. The van der Waals surface area contributed by atoms with Crippen molar-refractivity contribution in [3.05, 3.63) is 77.4 Å². The van der Waals surface area contributed by atoms with E-state index in [2.05, 4.69) is 16.4 Å². The van der Waals surface area contributed by atoms with Crippen LogP contribution in [0.2, 0.25) is 0 Å². The number of nitrogens with zero attached hydrogens (tertiary/aromatic N) is 2. The molecule has 6 heteroatoms. The van der Waals surface area contributed by atoms with E-state index in [-0.39, 0.29) is 17.7 Å². The number of pyridine rings is 1. The summed E-state index contributed by atoms with van der Waals surface area (Å²) in [6.45, 7) is 3.81. The van der Waals surface area contributed by atoms with Crippen LogP contribution in [0, 0.1) is 12.8 Å². The second kappa shape index (κ2) is 9.06. The lowest BCUT2D eigenvalue weighted by Crippen LogP contribution is -2.43. The highest BCUT2D eigenvalue weighted by atomic mass is 16.5. The molecule has 2 aromatic carbocycles. The van der Waals surface area contributed by atoms with Gasteiger partial charge in [-0.05, 0) is 67.8 Å². The minimum atomic E-state index is -0.254. The van der Waals surface area contributed by atoms with E-state index in [1.807, 2.05) is 55.5 Å². The molecule has 1 aromatic heterocycles. The highest BCUT2D eigenvalue weighted by Crippen LogP contribution is 2.30. The number of benzene rings is 2. The first kappa shape index (κ1) is 21.2. The molecule has 0 spiro atoms. The zero-order chi connectivity index (χ0) is 22.8. The van der Waals surface area contributed by atoms with Crippen molar-refractivity contribution in [2.75, 3.05) is 25.0 Å². The molecule has 3 heterocycles. The number of anilines is 1. The minimum absolute atomic E-state index is 0.0202. The molecule has 1 unspecified atom stereocenters. The summed E-state index contributed by atoms with van der Waals surface area (Å²) < 4.78 is 5.59. The van der Waals surface area contributed by atoms with E-state index in [0.717, 1.165) is 41.8 Å². The largest absolute Gasteiger partial charge is 0.493 e. The van der Waals surface area contributed by atoms with Crippen molar-refractivity contribution in [2.45, 2.75) is 26.2 Å². The van der Waals surface area contributed by atoms with Crippen LogP contribution in [0.4, 0.5) is 5.82 Å². The summed E-state index contributed by atoms with van der Waals surface area (Å²) in [5.41, 5.74) is 4.77. The Morgan fingerprint density at radius 1 is 1.09 bits per heavy atom. The summed E-state index contributed by atoms with van der Waals surface area (Å²) in [5, 5.41) is 2.97. The summed E-state index contributed by atoms with van der Waals surface area (Å²) >= 11 is 0. The third-order valence-corrected chi connectivity index (χ3v) is 6.36. The standard InChI is InChI=1S/C27H27N3O3/c1-18-7-9-19(10-8-18)27(32)30-14-3-4-22(17-30)26(31)29-25-6-2-5-23(28-25)20-11-12-24-21(16-20)13-15-33-24/h2,5-12,16,22H,3-4,13-15,17H2,1H3,(H,28,29,31). The molecule has 2 aliphatic rings. The average Bonchev–Trinajstić information content (AvgIpc) is 3.32. The zero-order valence-corrected chi connectivity index (χ0v) is 18.7. The Morgan fingerprint density at radius 2 is 1.94 bits per heavy atom. The molecule has 1 N–H and O–H groups in total. The average molecular weight is 442 g/mol. The van der Waals surface area contributed by atoms with Gasteiger partial charge >= 0.3 is 0 Å². The lowest BCUT2D eigenvalue weighted by atomic mass is 9.96. The van der Waals surface area contributed by atoms with E-state index in [4.69, 9.17) is 4.74 Å². The van der Waals surface area contributed by atoms with Gasteiger partial charge in [-0.1, -0.05) is 23.8 Å². The van der Waals surface area contributed by atoms with Crippen molar-refractivity contribution >= 4 is 17.6 Å². The van der Waals surface area contributed by atoms with E-state index in [1.165, 1.54) is 5.56 Å². The number of amides is 2. The molecule has 1 saturated heterocycles. The maximum absolute atomic E-state index is 13.0. The van der Waals surface area contributed by atoms with Crippen LogP contribution in [-0.4, -0.2) is 41.4 Å². The fourth-order valence-electron chi connectivity index (χ4n) is 4.49. The highest BCUT2D eigenvalue weighted by Gasteiger charge is 2.29. The fraction of sp³-hybridized carbons (Fsp3) is 0.296. The lowest BCUT2D eigenvalue weighted by Gasteiger charge is -2.32. The predicted octanol–water partition coefficient (Wildman–Crippen LogP) is 4.48. The minimum Gasteiger partial charge on any atom is -0.493 e. The number of likely N-dealkylation sites (tertiary alicyclic amines) is 1. The number of fused-ring (bicyclic) bond motifs is 1. The quantitative estimate of drug-likeness (QED) is 0.648. The van der Waals surface area contributed by atoms with Gasteiger partial charge in [0, 0.05) is 30.6 Å². The van der Waals surface area contributed by atoms with Gasteiger partial charge in [-0.15, -0.1) is 0 Å². The van der Waals surface area contributed by atoms with Crippen molar-refractivity contribution in [2.24, 2.45) is 5.92 Å². The van der Waals surface area contributed by atoms with Crippen molar-refractivity contribution in [3.8, 4) is 17.0 Å². The highest BCUT2D eigenvalue weighted by molar-refractivity contribution is 5.96. The van der Waals surface area contributed by atoms with Crippen LogP contribution in [0.1, 0.15) is 34.3 Å². The van der Waals surface area contributed by atoms with E-state index in [9.17, 15) is 9.59 Å². The number of carbonyl (C=O) groups excluding carboxylic acids is 2. The predicted molar refractivity (Wildman–Crippen MR) is 127 cm³/mol. The van der Waals surface area contributed by atoms with Crippen molar-refractivity contribution in [3.63, 3.8) is 0 Å². The lowest BCUT2D eigenvalue weighted by molar-refractivity contribution is -0.121. The van der Waals surface area contributed by atoms with Gasteiger partial charge in [0.1, 0.15) is 11.6 Å². The number of ether oxygens (including phenoxy) is 1. The SMILES string of the molecule is Cc1ccc(C(=O)N2CCCC(C(=O)Nc3cccc(-c4ccc5c(c4)CCO5)n3)C2)cc1. The normalized spacial score (nSPS) is 17.2. The molecule has 0 radical (unpaired) electrons. The molecule has 0 aliphatic carbocycles. The van der Waals surface area contributed by atoms with Gasteiger partial charge in [0.25, 0.3) is 5.91 Å². The maximum atomic E-state index is 13.0. The van der Waals surface area contributed by atoms with Crippen LogP contribution in [0.5, 0.6) is 5.75 Å². The van der Waals surface area contributed by atoms with Gasteiger partial charge in [0.05, 0.1) is 18.2 Å². The molecule has 0 saturated carbocycles. The van der Waals surface area contributed by atoms with Gasteiger partial charge in [-0.3, -0.25) is 9.59 Å². The fourth-order valence-corrected chi connectivity index (χ4v) is 4.49. The molecular weight excluding hydrogens is 414 g/mol. The third-order valence-electron chi connectivity index (χ3n) is 6.36. The number of nitrogens with one attached hydrogen (secondary N) is 1. The van der Waals surface area contributed by atoms with Gasteiger partial charge in [-0.25, -0.2) is 4.98 Å². The van der Waals surface area contributed by atoms with Gasteiger partial charge in [-0.2, -0.15) is 0 Å². The molecule has 1 atom stereocenters. The Bertz CT molecular complexity index is 1190. The van der Waals surface area contributed by atoms with Crippen LogP contribution in [0.15, 0.2) is 60.7 Å². The Kier molecular flexibility index (Phi) is 5.82. The number of hydrogen-bond acceptors (Lipinski definition) is 4. The summed E-state index contributed by atoms with van der Waals surface area (Å²) in [6, 6.07) is 19.3. The molecule has 6 nitrogen and oxygen atoms in total. The summed E-state index contributed by atoms with van der Waals surface area (Å²) in [5.74, 6) is 1.09. The second-order valence-corrected chi connectivity index (χ2v) is 8.77. The van der Waals surface area contributed by atoms with Gasteiger partial charge in [0.2, 0.25) is 5.91 Å². The summed E-state index contributed by atoms with van der Waals surface area (Å²) in [7, 11) is 0. The van der Waals surface area contributed by atoms with Crippen LogP contribution in [0.25, 0.3) is 11.3 Å². The molecule has 5 rings (SSSR count). The van der Waals surface area contributed by atoms with E-state index < -0.39 is 0 Å². The van der Waals surface area contributed by atoms with Crippen molar-refractivity contribution < 1.29 is 14.3 Å². The molecule has 0 bridgehead atoms. The molecular formula is C27H27N3O3. The Balaban J connectivity index is 1.26. The molecule has 2 aliphatic heterocycles. The van der Waals surface area contributed by atoms with Crippen LogP contribution in [0.3, 0.4) is 0 Å². The van der Waals surface area contributed by atoms with Gasteiger partial charge < -0.3 is 15.0 Å². The molecule has 33 heavy (non-hydrogen) atoms. The van der Waals surface area contributed by atoms with Crippen LogP contribution < -0.4 is 10.1 Å². The Morgan fingerprint density at radius 3 is 2.79 bits per heavy atom. The number of piperidine rings is 1. The molecule has 168 valence electrons. The summed E-state index contributed by atoms with van der Waals surface area (Å²) in [6.07, 6.45) is 2.47. The van der Waals surface area contributed by atoms with Crippen molar-refractivity contribution in [1.82, 2.24) is 9.88 Å². The van der Waals surface area contributed by atoms with Crippen LogP contribution in [-0.2, 0) is 11.2 Å². The van der Waals surface area contributed by atoms with Gasteiger partial charge in [0.15, 0.2) is 0 Å². The van der Waals surface area contributed by atoms with Crippen LogP contribution >= 0.6 is 0 Å². The number of aromatic nitrogens is 1. The number of rotatable bonds is 4. The maximum Gasteiger partial charge on any atom is 0.253 e. The molecule has 3 aromatic rings. The first-order valence-electron chi connectivity index (χ1n) is 11.5. The Labute approximate surface area is 193 Å².